The fraction of sp³-hybridized carbons (Fsp3) is 0.273. The molecule has 10 nitrogen and oxygen atoms in total. The third-order valence-electron chi connectivity index (χ3n) is 7.53. The molecule has 2 aromatic heterocycles. The minimum atomic E-state index is -0.832. The predicted molar refractivity (Wildman–Crippen MR) is 167 cm³/mol. The van der Waals surface area contributed by atoms with E-state index in [-0.39, 0.29) is 17.7 Å². The zero-order valence-electron chi connectivity index (χ0n) is 25.6. The maximum Gasteiger partial charge on any atom is 0.338 e. The van der Waals surface area contributed by atoms with Crippen molar-refractivity contribution >= 4 is 29.4 Å². The van der Waals surface area contributed by atoms with E-state index in [2.05, 4.69) is 4.99 Å². The smallest absolute Gasteiger partial charge is 0.338 e. The summed E-state index contributed by atoms with van der Waals surface area (Å²) in [5, 5.41) is 0. The Labute approximate surface area is 258 Å². The van der Waals surface area contributed by atoms with Gasteiger partial charge in [-0.1, -0.05) is 17.4 Å². The molecule has 0 unspecified atom stereocenters. The zero-order chi connectivity index (χ0) is 31.7. The molecule has 1 atom stereocenters. The van der Waals surface area contributed by atoms with Crippen LogP contribution in [0.2, 0.25) is 0 Å². The molecule has 0 aliphatic carbocycles. The van der Waals surface area contributed by atoms with Crippen molar-refractivity contribution < 1.29 is 28.5 Å². The van der Waals surface area contributed by atoms with E-state index in [1.54, 1.807) is 57.4 Å². The molecule has 228 valence electrons. The number of aromatic nitrogens is 2. The molecule has 0 fully saturated rings. The molecule has 0 spiro atoms. The van der Waals surface area contributed by atoms with Crippen molar-refractivity contribution in [2.24, 2.45) is 4.99 Å². The number of allylic oxidation sites excluding steroid dienone is 1. The van der Waals surface area contributed by atoms with Crippen LogP contribution in [0.1, 0.15) is 52.8 Å². The number of carbonyl (C=O) groups is 2. The summed E-state index contributed by atoms with van der Waals surface area (Å²) in [7, 11) is 4.43. The van der Waals surface area contributed by atoms with Crippen molar-refractivity contribution in [1.82, 2.24) is 9.13 Å². The monoisotopic (exact) mass is 615 g/mol. The van der Waals surface area contributed by atoms with Crippen LogP contribution in [-0.2, 0) is 14.3 Å². The second kappa shape index (κ2) is 12.4. The molecule has 0 amide bonds. The second-order valence-electron chi connectivity index (χ2n) is 10.1. The van der Waals surface area contributed by atoms with Crippen LogP contribution in [0.25, 0.3) is 11.8 Å². The van der Waals surface area contributed by atoms with Gasteiger partial charge in [-0.05, 0) is 75.7 Å². The molecule has 3 heterocycles. The highest BCUT2D eigenvalue weighted by Gasteiger charge is 2.35. The first-order valence-corrected chi connectivity index (χ1v) is 14.7. The lowest BCUT2D eigenvalue weighted by molar-refractivity contribution is -0.139. The number of thiazole rings is 1. The van der Waals surface area contributed by atoms with Crippen molar-refractivity contribution in [2.75, 3.05) is 27.9 Å². The van der Waals surface area contributed by atoms with Crippen LogP contribution < -0.4 is 24.4 Å². The summed E-state index contributed by atoms with van der Waals surface area (Å²) >= 11 is 1.24. The molecule has 2 aromatic carbocycles. The molecule has 1 aliphatic heterocycles. The summed E-state index contributed by atoms with van der Waals surface area (Å²) < 4.78 is 25.4. The molecule has 5 rings (SSSR count). The standard InChI is InChI=1S/C33H33N3O7S/c1-8-43-32(39)28-19(3)34-33-36(29(28)25-13-12-24(40-5)17-26(25)41-6)30(37)27(44-33)16-22-14-18(2)35(20(22)4)23-11-9-10-21(15-23)31(38)42-7/h9-17,29H,8H2,1-7H3/b27-16+/t29-/m1/s1. The van der Waals surface area contributed by atoms with E-state index in [1.807, 2.05) is 36.6 Å². The highest BCUT2D eigenvalue weighted by Crippen LogP contribution is 2.37. The maximum absolute atomic E-state index is 14.2. The van der Waals surface area contributed by atoms with Gasteiger partial charge in [0.2, 0.25) is 0 Å². The lowest BCUT2D eigenvalue weighted by Crippen LogP contribution is -2.40. The van der Waals surface area contributed by atoms with Gasteiger partial charge in [-0.2, -0.15) is 0 Å². The molecular weight excluding hydrogens is 582 g/mol. The molecule has 1 aliphatic rings. The molecule has 0 saturated heterocycles. The lowest BCUT2D eigenvalue weighted by atomic mass is 9.95. The van der Waals surface area contributed by atoms with Gasteiger partial charge in [0.15, 0.2) is 4.80 Å². The fourth-order valence-corrected chi connectivity index (χ4v) is 6.53. The normalized spacial score (nSPS) is 14.6. The molecule has 0 bridgehead atoms. The van der Waals surface area contributed by atoms with E-state index >= 15 is 0 Å². The van der Waals surface area contributed by atoms with Gasteiger partial charge in [0.05, 0.1) is 49.3 Å². The first-order chi connectivity index (χ1) is 21.1. The summed E-state index contributed by atoms with van der Waals surface area (Å²) in [5.74, 6) is 0.0573. The number of carbonyl (C=O) groups excluding carboxylic acids is 2. The average Bonchev–Trinajstić information content (AvgIpc) is 3.48. The Morgan fingerprint density at radius 1 is 1.00 bits per heavy atom. The molecule has 0 N–H and O–H groups in total. The Balaban J connectivity index is 1.69. The molecule has 0 radical (unpaired) electrons. The predicted octanol–water partition coefficient (Wildman–Crippen LogP) is 4.01. The summed E-state index contributed by atoms with van der Waals surface area (Å²) in [6.45, 7) is 7.55. The van der Waals surface area contributed by atoms with Gasteiger partial charge in [-0.3, -0.25) is 9.36 Å². The molecule has 44 heavy (non-hydrogen) atoms. The summed E-state index contributed by atoms with van der Waals surface area (Å²) in [5.41, 5.74) is 4.89. The first-order valence-electron chi connectivity index (χ1n) is 13.9. The van der Waals surface area contributed by atoms with Gasteiger partial charge >= 0.3 is 11.9 Å². The van der Waals surface area contributed by atoms with Gasteiger partial charge in [0, 0.05) is 28.7 Å². The van der Waals surface area contributed by atoms with Crippen LogP contribution in [-0.4, -0.2) is 49.0 Å². The average molecular weight is 616 g/mol. The molecular formula is C33H33N3O7S. The summed E-state index contributed by atoms with van der Waals surface area (Å²) in [6.07, 6.45) is 1.83. The van der Waals surface area contributed by atoms with Gasteiger partial charge < -0.3 is 23.5 Å². The molecule has 4 aromatic rings. The minimum Gasteiger partial charge on any atom is -0.497 e. The van der Waals surface area contributed by atoms with Gasteiger partial charge in [-0.15, -0.1) is 0 Å². The third kappa shape index (κ3) is 5.35. The van der Waals surface area contributed by atoms with E-state index in [0.29, 0.717) is 37.7 Å². The highest BCUT2D eigenvalue weighted by atomic mass is 32.1. The minimum absolute atomic E-state index is 0.171. The van der Waals surface area contributed by atoms with Gasteiger partial charge in [-0.25, -0.2) is 14.6 Å². The van der Waals surface area contributed by atoms with Crippen LogP contribution in [0.4, 0.5) is 0 Å². The van der Waals surface area contributed by atoms with Crippen LogP contribution in [0.3, 0.4) is 0 Å². The van der Waals surface area contributed by atoms with Crippen molar-refractivity contribution in [1.29, 1.82) is 0 Å². The first kappa shape index (κ1) is 30.6. The highest BCUT2D eigenvalue weighted by molar-refractivity contribution is 7.07. The van der Waals surface area contributed by atoms with E-state index in [1.165, 1.54) is 30.1 Å². The number of rotatable bonds is 8. The topological polar surface area (TPSA) is 110 Å². The number of hydrogen-bond acceptors (Lipinski definition) is 9. The Bertz CT molecular complexity index is 2000. The molecule has 11 heteroatoms. The Morgan fingerprint density at radius 2 is 1.77 bits per heavy atom. The van der Waals surface area contributed by atoms with Gasteiger partial charge in [0.25, 0.3) is 5.56 Å². The lowest BCUT2D eigenvalue weighted by Gasteiger charge is -2.26. The summed E-state index contributed by atoms with van der Waals surface area (Å²) in [4.78, 5) is 44.7. The summed E-state index contributed by atoms with van der Waals surface area (Å²) in [6, 6.07) is 13.6. The number of esters is 2. The number of nitrogens with zero attached hydrogens (tertiary/aromatic N) is 3. The SMILES string of the molecule is CCOC(=O)C1=C(C)N=c2s/c(=C/c3cc(C)n(-c4cccc(C(=O)OC)c4)c3C)c(=O)n2[C@@H]1c1ccc(OC)cc1OC. The number of hydrogen-bond donors (Lipinski definition) is 0. The largest absolute Gasteiger partial charge is 0.497 e. The number of aryl methyl sites for hydroxylation is 1. The molecule has 0 saturated carbocycles. The zero-order valence-corrected chi connectivity index (χ0v) is 26.4. The Kier molecular flexibility index (Phi) is 8.59. The van der Waals surface area contributed by atoms with Crippen molar-refractivity contribution in [3.63, 3.8) is 0 Å². The van der Waals surface area contributed by atoms with Crippen molar-refractivity contribution in [3.05, 3.63) is 108 Å². The van der Waals surface area contributed by atoms with Crippen LogP contribution in [0.5, 0.6) is 11.5 Å². The number of benzene rings is 2. The number of methoxy groups -OCH3 is 3. The number of fused-ring (bicyclic) bond motifs is 1. The quantitative estimate of drug-likeness (QED) is 0.276. The van der Waals surface area contributed by atoms with E-state index in [0.717, 1.165) is 22.6 Å². The van der Waals surface area contributed by atoms with Crippen LogP contribution in [0, 0.1) is 13.8 Å². The Morgan fingerprint density at radius 3 is 2.45 bits per heavy atom. The van der Waals surface area contributed by atoms with Gasteiger partial charge in [0.1, 0.15) is 17.5 Å². The van der Waals surface area contributed by atoms with Crippen molar-refractivity contribution in [2.45, 2.75) is 33.7 Å². The van der Waals surface area contributed by atoms with Crippen molar-refractivity contribution in [3.8, 4) is 17.2 Å². The fourth-order valence-electron chi connectivity index (χ4n) is 5.49. The van der Waals surface area contributed by atoms with E-state index in [9.17, 15) is 14.4 Å². The number of ether oxygens (including phenoxy) is 4. The van der Waals surface area contributed by atoms with E-state index in [4.69, 9.17) is 18.9 Å². The Hall–Kier alpha value is -4.90. The third-order valence-corrected chi connectivity index (χ3v) is 8.52. The van der Waals surface area contributed by atoms with E-state index < -0.39 is 18.0 Å². The second-order valence-corrected chi connectivity index (χ2v) is 11.1. The maximum atomic E-state index is 14.2. The van der Waals surface area contributed by atoms with Crippen LogP contribution in [0.15, 0.2) is 69.6 Å². The van der Waals surface area contributed by atoms with Crippen LogP contribution >= 0.6 is 11.3 Å².